The molecule has 2 aliphatic heterocycles. The fraction of sp³-hybridized carbons (Fsp3) is 0.955. The van der Waals surface area contributed by atoms with Crippen molar-refractivity contribution in [2.45, 2.75) is 52.2 Å². The third-order valence-electron chi connectivity index (χ3n) is 6.18. The van der Waals surface area contributed by atoms with Crippen molar-refractivity contribution in [3.05, 3.63) is 0 Å². The summed E-state index contributed by atoms with van der Waals surface area (Å²) in [6.07, 6.45) is 2.34. The van der Waals surface area contributed by atoms with Crippen LogP contribution in [-0.2, 0) is 9.47 Å². The SMILES string of the molecule is CCNC(=NCC(C)(O)CN1CCOCC1)NCC(C(CC)CC)N1CCOCC1. The van der Waals surface area contributed by atoms with Crippen molar-refractivity contribution in [3.8, 4) is 0 Å². The van der Waals surface area contributed by atoms with Gasteiger partial charge in [0.15, 0.2) is 5.96 Å². The molecule has 2 fully saturated rings. The summed E-state index contributed by atoms with van der Waals surface area (Å²) in [5.74, 6) is 1.42. The molecule has 0 bridgehead atoms. The number of nitrogens with one attached hydrogen (secondary N) is 2. The summed E-state index contributed by atoms with van der Waals surface area (Å²) in [6, 6.07) is 0.460. The maximum absolute atomic E-state index is 10.9. The molecule has 3 N–H and O–H groups in total. The van der Waals surface area contributed by atoms with E-state index in [0.717, 1.165) is 71.7 Å². The van der Waals surface area contributed by atoms with E-state index in [-0.39, 0.29) is 0 Å². The van der Waals surface area contributed by atoms with Crippen molar-refractivity contribution in [1.82, 2.24) is 20.4 Å². The average Bonchev–Trinajstić information content (AvgIpc) is 2.76. The maximum atomic E-state index is 10.9. The van der Waals surface area contributed by atoms with Gasteiger partial charge in [-0.25, -0.2) is 0 Å². The van der Waals surface area contributed by atoms with Gasteiger partial charge in [-0.15, -0.1) is 0 Å². The van der Waals surface area contributed by atoms with Crippen LogP contribution in [0.25, 0.3) is 0 Å². The summed E-state index contributed by atoms with van der Waals surface area (Å²) in [6.45, 7) is 18.0. The van der Waals surface area contributed by atoms with E-state index in [9.17, 15) is 5.11 Å². The fourth-order valence-electron chi connectivity index (χ4n) is 4.42. The van der Waals surface area contributed by atoms with Gasteiger partial charge >= 0.3 is 0 Å². The molecular weight excluding hydrogens is 382 g/mol. The molecule has 0 spiro atoms. The van der Waals surface area contributed by atoms with E-state index in [1.54, 1.807) is 0 Å². The third kappa shape index (κ3) is 8.67. The highest BCUT2D eigenvalue weighted by Crippen LogP contribution is 2.19. The topological polar surface area (TPSA) is 81.6 Å². The lowest BCUT2D eigenvalue weighted by molar-refractivity contribution is -0.0180. The van der Waals surface area contributed by atoms with E-state index in [1.165, 1.54) is 12.8 Å². The molecule has 2 unspecified atom stereocenters. The Kier molecular flexibility index (Phi) is 11.4. The Balaban J connectivity index is 1.95. The fourth-order valence-corrected chi connectivity index (χ4v) is 4.42. The van der Waals surface area contributed by atoms with E-state index < -0.39 is 5.60 Å². The molecule has 8 heteroatoms. The van der Waals surface area contributed by atoms with Crippen molar-refractivity contribution in [3.63, 3.8) is 0 Å². The van der Waals surface area contributed by atoms with E-state index in [0.29, 0.717) is 25.0 Å². The minimum atomic E-state index is -0.862. The first-order chi connectivity index (χ1) is 14.5. The first-order valence-corrected chi connectivity index (χ1v) is 11.9. The normalized spacial score (nSPS) is 22.7. The maximum Gasteiger partial charge on any atom is 0.191 e. The smallest absolute Gasteiger partial charge is 0.191 e. The Morgan fingerprint density at radius 2 is 1.60 bits per heavy atom. The molecular formula is C22H45N5O3. The number of nitrogens with zero attached hydrogens (tertiary/aromatic N) is 3. The van der Waals surface area contributed by atoms with Crippen LogP contribution in [0.3, 0.4) is 0 Å². The Bertz CT molecular complexity index is 487. The molecule has 0 aliphatic carbocycles. The van der Waals surface area contributed by atoms with Gasteiger partial charge in [-0.1, -0.05) is 26.7 Å². The zero-order valence-electron chi connectivity index (χ0n) is 19.7. The zero-order valence-corrected chi connectivity index (χ0v) is 19.7. The van der Waals surface area contributed by atoms with Crippen LogP contribution in [0.15, 0.2) is 4.99 Å². The standard InChI is InChI=1S/C22H45N5O3/c1-5-19(6-2)20(27-10-14-30-15-11-27)16-24-21(23-7-3)25-17-22(4,28)18-26-8-12-29-13-9-26/h19-20,28H,5-18H2,1-4H3,(H2,23,24,25). The lowest BCUT2D eigenvalue weighted by atomic mass is 9.92. The highest BCUT2D eigenvalue weighted by atomic mass is 16.5. The van der Waals surface area contributed by atoms with Gasteiger partial charge in [0.05, 0.1) is 38.6 Å². The first-order valence-electron chi connectivity index (χ1n) is 11.9. The second-order valence-corrected chi connectivity index (χ2v) is 8.75. The number of β-amino-alcohol motifs (C(OH)–C–C–N with tert-alkyl or cyclic N) is 1. The van der Waals surface area contributed by atoms with Crippen molar-refractivity contribution >= 4 is 5.96 Å². The van der Waals surface area contributed by atoms with Gasteiger partial charge in [-0.3, -0.25) is 14.8 Å². The summed E-state index contributed by atoms with van der Waals surface area (Å²) >= 11 is 0. The van der Waals surface area contributed by atoms with Gasteiger partial charge in [0.1, 0.15) is 0 Å². The minimum absolute atomic E-state index is 0.368. The van der Waals surface area contributed by atoms with Crippen LogP contribution in [0.5, 0.6) is 0 Å². The average molecular weight is 428 g/mol. The summed E-state index contributed by atoms with van der Waals surface area (Å²) in [7, 11) is 0. The number of hydrogen-bond acceptors (Lipinski definition) is 6. The summed E-state index contributed by atoms with van der Waals surface area (Å²) in [5.41, 5.74) is -0.862. The Morgan fingerprint density at radius 3 is 2.17 bits per heavy atom. The molecule has 0 aromatic rings. The second-order valence-electron chi connectivity index (χ2n) is 8.75. The van der Waals surface area contributed by atoms with E-state index in [2.05, 4.69) is 41.2 Å². The summed E-state index contributed by atoms with van der Waals surface area (Å²) in [4.78, 5) is 9.53. The van der Waals surface area contributed by atoms with E-state index in [4.69, 9.17) is 14.5 Å². The molecule has 8 nitrogen and oxygen atoms in total. The molecule has 30 heavy (non-hydrogen) atoms. The third-order valence-corrected chi connectivity index (χ3v) is 6.18. The van der Waals surface area contributed by atoms with Crippen LogP contribution in [0.2, 0.25) is 0 Å². The Labute approximate surface area is 183 Å². The summed E-state index contributed by atoms with van der Waals surface area (Å²) in [5, 5.41) is 17.8. The van der Waals surface area contributed by atoms with Crippen LogP contribution in [0.4, 0.5) is 0 Å². The lowest BCUT2D eigenvalue weighted by Crippen LogP contribution is -2.53. The number of aliphatic hydroxyl groups is 1. The van der Waals surface area contributed by atoms with Crippen LogP contribution in [-0.4, -0.2) is 111 Å². The van der Waals surface area contributed by atoms with Crippen molar-refractivity contribution in [2.24, 2.45) is 10.9 Å². The minimum Gasteiger partial charge on any atom is -0.387 e. The Hall–Kier alpha value is -0.930. The van der Waals surface area contributed by atoms with Gasteiger partial charge in [-0.05, 0) is 19.8 Å². The molecule has 0 aromatic heterocycles. The van der Waals surface area contributed by atoms with Crippen LogP contribution >= 0.6 is 0 Å². The summed E-state index contributed by atoms with van der Waals surface area (Å²) < 4.78 is 11.0. The molecule has 0 radical (unpaired) electrons. The van der Waals surface area contributed by atoms with E-state index in [1.807, 2.05) is 6.92 Å². The molecule has 2 saturated heterocycles. The first kappa shape index (κ1) is 25.3. The van der Waals surface area contributed by atoms with Gasteiger partial charge < -0.3 is 25.2 Å². The van der Waals surface area contributed by atoms with Crippen molar-refractivity contribution in [1.29, 1.82) is 0 Å². The van der Waals surface area contributed by atoms with Gasteiger partial charge in [0.2, 0.25) is 0 Å². The van der Waals surface area contributed by atoms with E-state index >= 15 is 0 Å². The molecule has 0 aromatic carbocycles. The zero-order chi connectivity index (χ0) is 21.8. The highest BCUT2D eigenvalue weighted by molar-refractivity contribution is 5.79. The number of rotatable bonds is 11. The quantitative estimate of drug-likeness (QED) is 0.332. The van der Waals surface area contributed by atoms with Crippen LogP contribution < -0.4 is 10.6 Å². The van der Waals surface area contributed by atoms with Gasteiger partial charge in [0.25, 0.3) is 0 Å². The van der Waals surface area contributed by atoms with Crippen molar-refractivity contribution in [2.75, 3.05) is 78.8 Å². The number of aliphatic imine (C=N–C) groups is 1. The number of guanidine groups is 1. The number of morpholine rings is 2. The largest absolute Gasteiger partial charge is 0.387 e. The van der Waals surface area contributed by atoms with Crippen LogP contribution in [0.1, 0.15) is 40.5 Å². The number of hydrogen-bond donors (Lipinski definition) is 3. The van der Waals surface area contributed by atoms with Gasteiger partial charge in [0, 0.05) is 51.9 Å². The highest BCUT2D eigenvalue weighted by Gasteiger charge is 2.28. The molecule has 0 amide bonds. The Morgan fingerprint density at radius 1 is 1.00 bits per heavy atom. The second kappa shape index (κ2) is 13.5. The molecule has 2 heterocycles. The number of ether oxygens (including phenoxy) is 2. The van der Waals surface area contributed by atoms with Crippen LogP contribution in [0, 0.1) is 5.92 Å². The predicted molar refractivity (Wildman–Crippen MR) is 122 cm³/mol. The van der Waals surface area contributed by atoms with Crippen molar-refractivity contribution < 1.29 is 14.6 Å². The predicted octanol–water partition coefficient (Wildman–Crippen LogP) is 0.762. The van der Waals surface area contributed by atoms with Gasteiger partial charge in [-0.2, -0.15) is 0 Å². The lowest BCUT2D eigenvalue weighted by Gasteiger charge is -2.39. The monoisotopic (exact) mass is 427 g/mol. The molecule has 2 rings (SSSR count). The molecule has 2 atom stereocenters. The molecule has 2 aliphatic rings. The molecule has 176 valence electrons. The molecule has 0 saturated carbocycles.